The Bertz CT molecular complexity index is 407. The molecule has 1 aromatic carbocycles. The molecule has 0 aromatic heterocycles. The number of hydrogen-bond acceptors (Lipinski definition) is 3. The van der Waals surface area contributed by atoms with Crippen LogP contribution in [0, 0.1) is 11.8 Å². The summed E-state index contributed by atoms with van der Waals surface area (Å²) in [5.41, 5.74) is 1.07. The molecule has 0 heterocycles. The minimum absolute atomic E-state index is 0.0771. The highest BCUT2D eigenvalue weighted by molar-refractivity contribution is 5.76. The van der Waals surface area contributed by atoms with Gasteiger partial charge in [0.05, 0.1) is 5.92 Å². The zero-order valence-electron chi connectivity index (χ0n) is 11.8. The molecule has 0 aliphatic heterocycles. The standard InChI is InChI=1S/C16H23NO2/c1-12(2)10-11-17-14-6-8-15(9-7-14)19-16(18)13-4-3-5-13/h6-9,12-13,17H,3-5,10-11H2,1-2H3. The van der Waals surface area contributed by atoms with E-state index < -0.39 is 0 Å². The molecule has 1 aliphatic rings. The van der Waals surface area contributed by atoms with Crippen molar-refractivity contribution in [1.82, 2.24) is 0 Å². The second-order valence-corrected chi connectivity index (χ2v) is 5.68. The number of carbonyl (C=O) groups is 1. The molecular weight excluding hydrogens is 238 g/mol. The second kappa shape index (κ2) is 6.60. The van der Waals surface area contributed by atoms with Gasteiger partial charge < -0.3 is 10.1 Å². The van der Waals surface area contributed by atoms with Gasteiger partial charge in [0.1, 0.15) is 5.75 Å². The lowest BCUT2D eigenvalue weighted by Gasteiger charge is -2.22. The normalized spacial score (nSPS) is 15.1. The summed E-state index contributed by atoms with van der Waals surface area (Å²) in [5.74, 6) is 1.40. The first-order chi connectivity index (χ1) is 9.15. The highest BCUT2D eigenvalue weighted by Crippen LogP contribution is 2.28. The fourth-order valence-corrected chi connectivity index (χ4v) is 1.99. The Morgan fingerprint density at radius 3 is 2.53 bits per heavy atom. The molecule has 1 aromatic rings. The van der Waals surface area contributed by atoms with E-state index in [0.29, 0.717) is 11.7 Å². The molecule has 1 N–H and O–H groups in total. The van der Waals surface area contributed by atoms with Gasteiger partial charge in [0.2, 0.25) is 0 Å². The maximum atomic E-state index is 11.7. The van der Waals surface area contributed by atoms with Gasteiger partial charge in [0.15, 0.2) is 0 Å². The third-order valence-electron chi connectivity index (χ3n) is 3.56. The molecule has 0 atom stereocenters. The smallest absolute Gasteiger partial charge is 0.314 e. The van der Waals surface area contributed by atoms with Gasteiger partial charge in [-0.15, -0.1) is 0 Å². The molecule has 104 valence electrons. The number of rotatable bonds is 6. The number of benzene rings is 1. The molecule has 2 rings (SSSR count). The highest BCUT2D eigenvalue weighted by Gasteiger charge is 2.26. The van der Waals surface area contributed by atoms with Gasteiger partial charge in [0.25, 0.3) is 0 Å². The van der Waals surface area contributed by atoms with Crippen molar-refractivity contribution in [3.8, 4) is 5.75 Å². The molecule has 1 aliphatic carbocycles. The average Bonchev–Trinajstić information content (AvgIpc) is 2.28. The van der Waals surface area contributed by atoms with Crippen molar-refractivity contribution in [2.45, 2.75) is 39.5 Å². The van der Waals surface area contributed by atoms with Crippen molar-refractivity contribution >= 4 is 11.7 Å². The SMILES string of the molecule is CC(C)CCNc1ccc(OC(=O)C2CCC2)cc1. The summed E-state index contributed by atoms with van der Waals surface area (Å²) in [7, 11) is 0. The molecule has 0 spiro atoms. The van der Waals surface area contributed by atoms with E-state index in [9.17, 15) is 4.79 Å². The Labute approximate surface area is 115 Å². The van der Waals surface area contributed by atoms with Gasteiger partial charge in [-0.25, -0.2) is 0 Å². The third-order valence-corrected chi connectivity index (χ3v) is 3.56. The Balaban J connectivity index is 1.78. The van der Waals surface area contributed by atoms with Crippen LogP contribution in [-0.4, -0.2) is 12.5 Å². The average molecular weight is 261 g/mol. The van der Waals surface area contributed by atoms with Crippen LogP contribution in [0.25, 0.3) is 0 Å². The summed E-state index contributed by atoms with van der Waals surface area (Å²) in [4.78, 5) is 11.7. The van der Waals surface area contributed by atoms with Crippen LogP contribution in [0.1, 0.15) is 39.5 Å². The van der Waals surface area contributed by atoms with Crippen LogP contribution in [0.15, 0.2) is 24.3 Å². The maximum absolute atomic E-state index is 11.7. The van der Waals surface area contributed by atoms with E-state index in [1.807, 2.05) is 24.3 Å². The Kier molecular flexibility index (Phi) is 4.83. The van der Waals surface area contributed by atoms with Gasteiger partial charge in [-0.2, -0.15) is 0 Å². The monoisotopic (exact) mass is 261 g/mol. The summed E-state index contributed by atoms with van der Waals surface area (Å²) >= 11 is 0. The van der Waals surface area contributed by atoms with Crippen LogP contribution in [0.3, 0.4) is 0 Å². The molecule has 19 heavy (non-hydrogen) atoms. The van der Waals surface area contributed by atoms with Crippen molar-refractivity contribution in [2.75, 3.05) is 11.9 Å². The zero-order chi connectivity index (χ0) is 13.7. The predicted molar refractivity (Wildman–Crippen MR) is 77.4 cm³/mol. The van der Waals surface area contributed by atoms with Gasteiger partial charge in [-0.05, 0) is 49.4 Å². The van der Waals surface area contributed by atoms with E-state index in [-0.39, 0.29) is 11.9 Å². The van der Waals surface area contributed by atoms with E-state index >= 15 is 0 Å². The number of nitrogens with one attached hydrogen (secondary N) is 1. The Morgan fingerprint density at radius 1 is 1.32 bits per heavy atom. The van der Waals surface area contributed by atoms with Crippen LogP contribution in [0.5, 0.6) is 5.75 Å². The maximum Gasteiger partial charge on any atom is 0.314 e. The molecule has 1 fully saturated rings. The van der Waals surface area contributed by atoms with Crippen molar-refractivity contribution in [3.05, 3.63) is 24.3 Å². The first-order valence-corrected chi connectivity index (χ1v) is 7.21. The highest BCUT2D eigenvalue weighted by atomic mass is 16.5. The summed E-state index contributed by atoms with van der Waals surface area (Å²) in [6, 6.07) is 7.63. The molecule has 3 heteroatoms. The van der Waals surface area contributed by atoms with E-state index in [2.05, 4.69) is 19.2 Å². The Morgan fingerprint density at radius 2 is 2.00 bits per heavy atom. The summed E-state index contributed by atoms with van der Waals surface area (Å²) in [6.07, 6.45) is 4.26. The quantitative estimate of drug-likeness (QED) is 0.624. The third kappa shape index (κ3) is 4.27. The molecule has 0 saturated heterocycles. The summed E-state index contributed by atoms with van der Waals surface area (Å²) in [6.45, 7) is 5.40. The number of esters is 1. The fourth-order valence-electron chi connectivity index (χ4n) is 1.99. The lowest BCUT2D eigenvalue weighted by atomic mass is 9.86. The lowest BCUT2D eigenvalue weighted by Crippen LogP contribution is -2.26. The van der Waals surface area contributed by atoms with Crippen LogP contribution >= 0.6 is 0 Å². The summed E-state index contributed by atoms with van der Waals surface area (Å²) in [5, 5.41) is 3.36. The van der Waals surface area contributed by atoms with E-state index in [4.69, 9.17) is 4.74 Å². The molecule has 0 unspecified atom stereocenters. The molecule has 1 saturated carbocycles. The molecular formula is C16H23NO2. The van der Waals surface area contributed by atoms with Crippen LogP contribution in [0.4, 0.5) is 5.69 Å². The van der Waals surface area contributed by atoms with Gasteiger partial charge in [-0.1, -0.05) is 20.3 Å². The van der Waals surface area contributed by atoms with Crippen molar-refractivity contribution in [2.24, 2.45) is 11.8 Å². The number of hydrogen-bond donors (Lipinski definition) is 1. The van der Waals surface area contributed by atoms with Crippen LogP contribution in [-0.2, 0) is 4.79 Å². The second-order valence-electron chi connectivity index (χ2n) is 5.68. The Hall–Kier alpha value is -1.51. The minimum atomic E-state index is -0.0771. The van der Waals surface area contributed by atoms with E-state index in [1.165, 1.54) is 0 Å². The molecule has 0 radical (unpaired) electrons. The van der Waals surface area contributed by atoms with E-state index in [0.717, 1.165) is 37.9 Å². The van der Waals surface area contributed by atoms with Crippen molar-refractivity contribution in [1.29, 1.82) is 0 Å². The van der Waals surface area contributed by atoms with Gasteiger partial charge in [0, 0.05) is 12.2 Å². The first kappa shape index (κ1) is 13.9. The molecule has 0 bridgehead atoms. The lowest BCUT2D eigenvalue weighted by molar-refractivity contribution is -0.141. The van der Waals surface area contributed by atoms with E-state index in [1.54, 1.807) is 0 Å². The van der Waals surface area contributed by atoms with Gasteiger partial charge >= 0.3 is 5.97 Å². The van der Waals surface area contributed by atoms with Crippen molar-refractivity contribution in [3.63, 3.8) is 0 Å². The van der Waals surface area contributed by atoms with Crippen molar-refractivity contribution < 1.29 is 9.53 Å². The minimum Gasteiger partial charge on any atom is -0.426 e. The van der Waals surface area contributed by atoms with Crippen LogP contribution in [0.2, 0.25) is 0 Å². The molecule has 3 nitrogen and oxygen atoms in total. The first-order valence-electron chi connectivity index (χ1n) is 7.21. The largest absolute Gasteiger partial charge is 0.426 e. The predicted octanol–water partition coefficient (Wildman–Crippen LogP) is 3.85. The number of carbonyl (C=O) groups excluding carboxylic acids is 1. The topological polar surface area (TPSA) is 38.3 Å². The fraction of sp³-hybridized carbons (Fsp3) is 0.562. The molecule has 0 amide bonds. The van der Waals surface area contributed by atoms with Crippen LogP contribution < -0.4 is 10.1 Å². The summed E-state index contributed by atoms with van der Waals surface area (Å²) < 4.78 is 5.35. The number of anilines is 1. The number of ether oxygens (including phenoxy) is 1. The van der Waals surface area contributed by atoms with Gasteiger partial charge in [-0.3, -0.25) is 4.79 Å². The zero-order valence-corrected chi connectivity index (χ0v) is 11.8.